The number of ether oxygens (including phenoxy) is 1. The molecule has 0 heterocycles. The Hall–Kier alpha value is -1.46. The van der Waals surface area contributed by atoms with Crippen LogP contribution in [0.2, 0.25) is 0 Å². The van der Waals surface area contributed by atoms with E-state index in [2.05, 4.69) is 5.32 Å². The molecule has 1 atom stereocenters. The maximum atomic E-state index is 11.9. The SMILES string of the molecule is COCC(CCCl)NC(=O)c1ccc(O)c(O)c1. The van der Waals surface area contributed by atoms with Gasteiger partial charge in [0.25, 0.3) is 5.91 Å². The molecule has 1 unspecified atom stereocenters. The summed E-state index contributed by atoms with van der Waals surface area (Å²) in [6.45, 7) is 0.364. The number of aromatic hydroxyl groups is 2. The third-order valence-electron chi connectivity index (χ3n) is 2.40. The number of phenols is 2. The van der Waals surface area contributed by atoms with Gasteiger partial charge in [-0.05, 0) is 24.6 Å². The second-order valence-electron chi connectivity index (χ2n) is 3.81. The van der Waals surface area contributed by atoms with Gasteiger partial charge >= 0.3 is 0 Å². The standard InChI is InChI=1S/C12H16ClNO4/c1-18-7-9(4-5-13)14-12(17)8-2-3-10(15)11(16)6-8/h2-3,6,9,15-16H,4-5,7H2,1H3,(H,14,17). The lowest BCUT2D eigenvalue weighted by Crippen LogP contribution is -2.38. The summed E-state index contributed by atoms with van der Waals surface area (Å²) in [5.74, 6) is -0.531. The molecule has 0 aliphatic carbocycles. The van der Waals surface area contributed by atoms with E-state index in [9.17, 15) is 9.90 Å². The van der Waals surface area contributed by atoms with Crippen LogP contribution in [0, 0.1) is 0 Å². The van der Waals surface area contributed by atoms with Crippen molar-refractivity contribution < 1.29 is 19.7 Å². The van der Waals surface area contributed by atoms with Gasteiger partial charge in [-0.3, -0.25) is 4.79 Å². The van der Waals surface area contributed by atoms with Crippen molar-refractivity contribution in [2.45, 2.75) is 12.5 Å². The van der Waals surface area contributed by atoms with Gasteiger partial charge in [0.15, 0.2) is 11.5 Å². The summed E-state index contributed by atoms with van der Waals surface area (Å²) in [5, 5.41) is 21.2. The highest BCUT2D eigenvalue weighted by atomic mass is 35.5. The number of nitrogens with one attached hydrogen (secondary N) is 1. The highest BCUT2D eigenvalue weighted by Crippen LogP contribution is 2.24. The summed E-state index contributed by atoms with van der Waals surface area (Å²) in [4.78, 5) is 11.9. The second-order valence-corrected chi connectivity index (χ2v) is 4.18. The molecule has 0 aromatic heterocycles. The van der Waals surface area contributed by atoms with E-state index >= 15 is 0 Å². The topological polar surface area (TPSA) is 78.8 Å². The quantitative estimate of drug-likeness (QED) is 0.542. The zero-order valence-corrected chi connectivity index (χ0v) is 10.8. The number of phenolic OH excluding ortho intramolecular Hbond substituents is 2. The molecular weight excluding hydrogens is 258 g/mol. The Morgan fingerprint density at radius 1 is 1.44 bits per heavy atom. The molecular formula is C12H16ClNO4. The van der Waals surface area contributed by atoms with Crippen molar-refractivity contribution in [3.05, 3.63) is 23.8 Å². The van der Waals surface area contributed by atoms with Crippen LogP contribution in [0.5, 0.6) is 11.5 Å². The average Bonchev–Trinajstić information content (AvgIpc) is 2.33. The molecule has 3 N–H and O–H groups in total. The first-order valence-corrected chi connectivity index (χ1v) is 5.99. The van der Waals surface area contributed by atoms with Crippen molar-refractivity contribution in [3.8, 4) is 11.5 Å². The highest BCUT2D eigenvalue weighted by Gasteiger charge is 2.14. The first kappa shape index (κ1) is 14.6. The number of alkyl halides is 1. The predicted molar refractivity (Wildman–Crippen MR) is 68.2 cm³/mol. The molecule has 0 radical (unpaired) electrons. The van der Waals surface area contributed by atoms with Gasteiger partial charge in [0.1, 0.15) is 0 Å². The van der Waals surface area contributed by atoms with Crippen molar-refractivity contribution in [3.63, 3.8) is 0 Å². The van der Waals surface area contributed by atoms with Crippen LogP contribution in [-0.4, -0.2) is 41.8 Å². The Morgan fingerprint density at radius 3 is 2.72 bits per heavy atom. The lowest BCUT2D eigenvalue weighted by molar-refractivity contribution is 0.0894. The minimum absolute atomic E-state index is 0.184. The smallest absolute Gasteiger partial charge is 0.251 e. The van der Waals surface area contributed by atoms with E-state index in [1.54, 1.807) is 7.11 Å². The molecule has 0 aliphatic rings. The fourth-order valence-corrected chi connectivity index (χ4v) is 1.73. The number of methoxy groups -OCH3 is 1. The summed E-state index contributed by atoms with van der Waals surface area (Å²) in [5.41, 5.74) is 0.265. The number of hydrogen-bond acceptors (Lipinski definition) is 4. The van der Waals surface area contributed by atoms with E-state index < -0.39 is 0 Å². The lowest BCUT2D eigenvalue weighted by Gasteiger charge is -2.16. The average molecular weight is 274 g/mol. The summed E-state index contributed by atoms with van der Waals surface area (Å²) in [6.07, 6.45) is 0.588. The number of benzene rings is 1. The minimum atomic E-state index is -0.350. The molecule has 0 saturated heterocycles. The van der Waals surface area contributed by atoms with Gasteiger partial charge in [-0.15, -0.1) is 11.6 Å². The van der Waals surface area contributed by atoms with Gasteiger partial charge < -0.3 is 20.3 Å². The Bertz CT molecular complexity index is 405. The van der Waals surface area contributed by atoms with E-state index in [1.165, 1.54) is 18.2 Å². The normalized spacial score (nSPS) is 12.1. The number of rotatable bonds is 6. The monoisotopic (exact) mass is 273 g/mol. The fraction of sp³-hybridized carbons (Fsp3) is 0.417. The first-order chi connectivity index (χ1) is 8.58. The third-order valence-corrected chi connectivity index (χ3v) is 2.62. The molecule has 18 heavy (non-hydrogen) atoms. The highest BCUT2D eigenvalue weighted by molar-refractivity contribution is 6.17. The van der Waals surface area contributed by atoms with E-state index in [4.69, 9.17) is 21.4 Å². The van der Waals surface area contributed by atoms with Crippen LogP contribution in [0.15, 0.2) is 18.2 Å². The van der Waals surface area contributed by atoms with Gasteiger partial charge in [-0.2, -0.15) is 0 Å². The van der Waals surface area contributed by atoms with E-state index in [0.29, 0.717) is 18.9 Å². The van der Waals surface area contributed by atoms with Gasteiger partial charge in [0.2, 0.25) is 0 Å². The predicted octanol–water partition coefficient (Wildman–Crippen LogP) is 1.47. The fourth-order valence-electron chi connectivity index (χ4n) is 1.46. The van der Waals surface area contributed by atoms with E-state index in [0.717, 1.165) is 0 Å². The molecule has 5 nitrogen and oxygen atoms in total. The Balaban J connectivity index is 2.70. The van der Waals surface area contributed by atoms with Crippen LogP contribution in [0.4, 0.5) is 0 Å². The Morgan fingerprint density at radius 2 is 2.17 bits per heavy atom. The summed E-state index contributed by atoms with van der Waals surface area (Å²) >= 11 is 5.63. The summed E-state index contributed by atoms with van der Waals surface area (Å²) in [7, 11) is 1.54. The van der Waals surface area contributed by atoms with Gasteiger partial charge in [-0.25, -0.2) is 0 Å². The zero-order chi connectivity index (χ0) is 13.5. The lowest BCUT2D eigenvalue weighted by atomic mass is 10.1. The maximum Gasteiger partial charge on any atom is 0.251 e. The van der Waals surface area contributed by atoms with Crippen molar-refractivity contribution in [1.29, 1.82) is 0 Å². The summed E-state index contributed by atoms with van der Waals surface area (Å²) < 4.78 is 4.97. The van der Waals surface area contributed by atoms with Crippen LogP contribution in [0.25, 0.3) is 0 Å². The molecule has 0 bridgehead atoms. The maximum absolute atomic E-state index is 11.9. The largest absolute Gasteiger partial charge is 0.504 e. The molecule has 0 saturated carbocycles. The number of carbonyl (C=O) groups is 1. The van der Waals surface area contributed by atoms with Crippen LogP contribution < -0.4 is 5.32 Å². The molecule has 0 aliphatic heterocycles. The van der Waals surface area contributed by atoms with Crippen LogP contribution in [0.1, 0.15) is 16.8 Å². The number of halogens is 1. The molecule has 1 amide bonds. The number of carbonyl (C=O) groups excluding carboxylic acids is 1. The minimum Gasteiger partial charge on any atom is -0.504 e. The van der Waals surface area contributed by atoms with Crippen molar-refractivity contribution in [2.24, 2.45) is 0 Å². The van der Waals surface area contributed by atoms with Gasteiger partial charge in [0.05, 0.1) is 12.6 Å². The van der Waals surface area contributed by atoms with Crippen LogP contribution in [-0.2, 0) is 4.74 Å². The van der Waals surface area contributed by atoms with Crippen molar-refractivity contribution >= 4 is 17.5 Å². The Labute approximate surface area is 110 Å². The number of hydrogen-bond donors (Lipinski definition) is 3. The van der Waals surface area contributed by atoms with Crippen LogP contribution >= 0.6 is 11.6 Å². The molecule has 6 heteroatoms. The molecule has 100 valence electrons. The molecule has 0 fully saturated rings. The molecule has 1 aromatic carbocycles. The molecule has 1 aromatic rings. The third kappa shape index (κ3) is 4.09. The summed E-state index contributed by atoms with van der Waals surface area (Å²) in [6, 6.07) is 3.71. The first-order valence-electron chi connectivity index (χ1n) is 5.46. The molecule has 0 spiro atoms. The molecule has 1 rings (SSSR count). The van der Waals surface area contributed by atoms with Crippen LogP contribution in [0.3, 0.4) is 0 Å². The second kappa shape index (κ2) is 7.08. The zero-order valence-electron chi connectivity index (χ0n) is 10.0. The van der Waals surface area contributed by atoms with E-state index in [1.807, 2.05) is 0 Å². The van der Waals surface area contributed by atoms with Crippen molar-refractivity contribution in [1.82, 2.24) is 5.32 Å². The number of amides is 1. The van der Waals surface area contributed by atoms with Gasteiger partial charge in [-0.1, -0.05) is 0 Å². The van der Waals surface area contributed by atoms with Gasteiger partial charge in [0, 0.05) is 18.6 Å². The Kier molecular flexibility index (Phi) is 5.74. The van der Waals surface area contributed by atoms with E-state index in [-0.39, 0.29) is 29.0 Å². The van der Waals surface area contributed by atoms with Crippen molar-refractivity contribution in [2.75, 3.05) is 19.6 Å².